The Labute approximate surface area is 211 Å². The van der Waals surface area contributed by atoms with Gasteiger partial charge in [0.15, 0.2) is 0 Å². The molecule has 0 aliphatic heterocycles. The van der Waals surface area contributed by atoms with E-state index < -0.39 is 15.1 Å². The molecule has 0 saturated heterocycles. The number of hydrogen-bond donors (Lipinski definition) is 1. The van der Waals surface area contributed by atoms with Crippen LogP contribution in [0.2, 0.25) is 10.0 Å². The first-order chi connectivity index (χ1) is 15.6. The summed E-state index contributed by atoms with van der Waals surface area (Å²) in [4.78, 5) is 44.5. The lowest BCUT2D eigenvalue weighted by atomic mass is 9.93. The zero-order valence-electron chi connectivity index (χ0n) is 18.8. The van der Waals surface area contributed by atoms with Crippen molar-refractivity contribution in [2.45, 2.75) is 13.8 Å². The zero-order chi connectivity index (χ0) is 26.2. The number of nitrogens with one attached hydrogen (secondary N) is 1. The number of amides is 1. The minimum atomic E-state index is -0.697. The molecule has 184 valence electrons. The van der Waals surface area contributed by atoms with E-state index in [1.165, 1.54) is 24.3 Å². The molecule has 34 heavy (non-hydrogen) atoms. The van der Waals surface area contributed by atoms with Gasteiger partial charge in [-0.1, -0.05) is 37.0 Å². The Morgan fingerprint density at radius 3 is 1.76 bits per heavy atom. The topological polar surface area (TPSA) is 136 Å². The Morgan fingerprint density at radius 2 is 1.38 bits per heavy atom. The minimum Gasteiger partial charge on any atom is -0.351 e. The summed E-state index contributed by atoms with van der Waals surface area (Å²) in [6, 6.07) is 7.50. The van der Waals surface area contributed by atoms with E-state index in [0.29, 0.717) is 12.1 Å². The smallest absolute Gasteiger partial charge is 0.287 e. The van der Waals surface area contributed by atoms with Crippen LogP contribution in [0.25, 0.3) is 0 Å². The third-order valence-electron chi connectivity index (χ3n) is 4.25. The molecule has 0 heterocycles. The highest BCUT2D eigenvalue weighted by Gasteiger charge is 2.21. The maximum Gasteiger partial charge on any atom is 0.287 e. The van der Waals surface area contributed by atoms with Crippen molar-refractivity contribution < 1.29 is 19.4 Å². The fraction of sp³-hybridized carbons (Fsp3) is 0.333. The molecule has 1 amide bonds. The van der Waals surface area contributed by atoms with Crippen molar-refractivity contribution in [3.63, 3.8) is 0 Å². The van der Waals surface area contributed by atoms with Crippen molar-refractivity contribution in [1.82, 2.24) is 10.2 Å². The number of nitro benzene ring substituents is 2. The Bertz CT molecular complexity index is 1090. The molecule has 0 fully saturated rings. The van der Waals surface area contributed by atoms with Crippen molar-refractivity contribution in [2.75, 3.05) is 27.2 Å². The van der Waals surface area contributed by atoms with E-state index >= 15 is 0 Å². The summed E-state index contributed by atoms with van der Waals surface area (Å²) in [7, 11) is 3.94. The summed E-state index contributed by atoms with van der Waals surface area (Å²) in [5, 5.41) is 23.0. The highest BCUT2D eigenvalue weighted by atomic mass is 35.5. The van der Waals surface area contributed by atoms with Gasteiger partial charge in [0.2, 0.25) is 0 Å². The van der Waals surface area contributed by atoms with Crippen LogP contribution in [0.3, 0.4) is 0 Å². The molecule has 0 unspecified atom stereocenters. The van der Waals surface area contributed by atoms with Gasteiger partial charge in [-0.2, -0.15) is 0 Å². The van der Waals surface area contributed by atoms with Gasteiger partial charge in [0.05, 0.1) is 9.85 Å². The predicted molar refractivity (Wildman–Crippen MR) is 131 cm³/mol. The number of nitro groups is 2. The molecule has 0 aliphatic carbocycles. The fourth-order valence-corrected chi connectivity index (χ4v) is 3.52. The molecule has 1 N–H and O–H groups in total. The second-order valence-electron chi connectivity index (χ2n) is 8.20. The van der Waals surface area contributed by atoms with Crippen molar-refractivity contribution in [3.05, 3.63) is 77.8 Å². The van der Waals surface area contributed by atoms with E-state index in [-0.39, 0.29) is 38.3 Å². The van der Waals surface area contributed by atoms with Crippen molar-refractivity contribution in [3.8, 4) is 0 Å². The molecule has 0 bridgehead atoms. The Morgan fingerprint density at radius 1 is 0.941 bits per heavy atom. The molecule has 2 aromatic carbocycles. The van der Waals surface area contributed by atoms with E-state index in [1.54, 1.807) is 0 Å². The standard InChI is InChI=1S/C14H20ClN3O3.C7H3Cl2NO3/c1-14(2,9-17(3)4)8-16-13(19)10-5-6-12(18(20)21)11(15)7-10;8-5-3-4(7(9)11)1-2-6(5)10(12)13/h5-7H,8-9H2,1-4H3,(H,16,19);1-3H. The van der Waals surface area contributed by atoms with Crippen molar-refractivity contribution >= 4 is 57.3 Å². The molecule has 10 nitrogen and oxygen atoms in total. The van der Waals surface area contributed by atoms with Gasteiger partial charge in [0, 0.05) is 36.3 Å². The second kappa shape index (κ2) is 12.6. The summed E-state index contributed by atoms with van der Waals surface area (Å²) < 4.78 is 0. The first kappa shape index (κ1) is 29.2. The van der Waals surface area contributed by atoms with Crippen LogP contribution in [0.5, 0.6) is 0 Å². The lowest BCUT2D eigenvalue weighted by molar-refractivity contribution is -0.384. The highest BCUT2D eigenvalue weighted by Crippen LogP contribution is 2.26. The summed E-state index contributed by atoms with van der Waals surface area (Å²) in [6.45, 7) is 5.43. The van der Waals surface area contributed by atoms with Gasteiger partial charge in [-0.15, -0.1) is 0 Å². The molecule has 0 saturated carbocycles. The van der Waals surface area contributed by atoms with Crippen LogP contribution in [-0.4, -0.2) is 53.1 Å². The second-order valence-corrected chi connectivity index (χ2v) is 9.36. The van der Waals surface area contributed by atoms with Crippen LogP contribution in [0.1, 0.15) is 34.6 Å². The maximum atomic E-state index is 12.1. The monoisotopic (exact) mass is 532 g/mol. The molecule has 0 aromatic heterocycles. The average Bonchev–Trinajstić information content (AvgIpc) is 2.70. The number of nitrogens with zero attached hydrogens (tertiary/aromatic N) is 3. The minimum absolute atomic E-state index is 0.0415. The molecule has 0 atom stereocenters. The van der Waals surface area contributed by atoms with Crippen LogP contribution in [0.4, 0.5) is 11.4 Å². The SMILES string of the molecule is CN(C)CC(C)(C)CNC(=O)c1ccc([N+](=O)[O-])c(Cl)c1.O=C(Cl)c1ccc([N+](=O)[O-])c(Cl)c1. The number of hydrogen-bond acceptors (Lipinski definition) is 7. The highest BCUT2D eigenvalue weighted by molar-refractivity contribution is 6.67. The predicted octanol–water partition coefficient (Wildman–Crippen LogP) is 5.19. The molecule has 2 rings (SSSR count). The molecule has 0 aliphatic rings. The number of carbonyl (C=O) groups is 2. The van der Waals surface area contributed by atoms with Crippen LogP contribution in [0, 0.1) is 25.6 Å². The molecule has 0 spiro atoms. The summed E-state index contributed by atoms with van der Waals surface area (Å²) >= 11 is 16.5. The molecule has 13 heteroatoms. The van der Waals surface area contributed by atoms with Gasteiger partial charge in [-0.3, -0.25) is 29.8 Å². The fourth-order valence-electron chi connectivity index (χ4n) is 2.91. The average molecular weight is 534 g/mol. The summed E-state index contributed by atoms with van der Waals surface area (Å²) in [5.41, 5.74) is -0.0861. The van der Waals surface area contributed by atoms with E-state index in [1.807, 2.05) is 14.1 Å². The van der Waals surface area contributed by atoms with Gasteiger partial charge < -0.3 is 10.2 Å². The van der Waals surface area contributed by atoms with Crippen LogP contribution in [0.15, 0.2) is 36.4 Å². The number of benzene rings is 2. The molecule has 0 radical (unpaired) electrons. The maximum absolute atomic E-state index is 12.1. The number of rotatable bonds is 8. The van der Waals surface area contributed by atoms with Gasteiger partial charge in [-0.05, 0) is 55.4 Å². The zero-order valence-corrected chi connectivity index (χ0v) is 21.1. The molecular weight excluding hydrogens is 511 g/mol. The van der Waals surface area contributed by atoms with E-state index in [9.17, 15) is 29.8 Å². The Balaban J connectivity index is 0.000000380. The molecular formula is C21H23Cl3N4O6. The quantitative estimate of drug-likeness (QED) is 0.280. The largest absolute Gasteiger partial charge is 0.351 e. The first-order valence-electron chi connectivity index (χ1n) is 9.65. The van der Waals surface area contributed by atoms with E-state index in [0.717, 1.165) is 18.7 Å². The normalized spacial score (nSPS) is 10.8. The van der Waals surface area contributed by atoms with Crippen molar-refractivity contribution in [2.24, 2.45) is 5.41 Å². The van der Waals surface area contributed by atoms with Crippen LogP contribution >= 0.6 is 34.8 Å². The van der Waals surface area contributed by atoms with Gasteiger partial charge >= 0.3 is 0 Å². The van der Waals surface area contributed by atoms with Crippen LogP contribution < -0.4 is 5.32 Å². The van der Waals surface area contributed by atoms with E-state index in [4.69, 9.17) is 34.8 Å². The Kier molecular flexibility index (Phi) is 10.8. The third kappa shape index (κ3) is 9.22. The lowest BCUT2D eigenvalue weighted by Crippen LogP contribution is -2.39. The number of carbonyl (C=O) groups excluding carboxylic acids is 2. The van der Waals surface area contributed by atoms with Gasteiger partial charge in [-0.25, -0.2) is 0 Å². The molecule has 2 aromatic rings. The number of halogens is 3. The van der Waals surface area contributed by atoms with Gasteiger partial charge in [0.1, 0.15) is 10.0 Å². The van der Waals surface area contributed by atoms with Gasteiger partial charge in [0.25, 0.3) is 22.5 Å². The first-order valence-corrected chi connectivity index (χ1v) is 10.8. The van der Waals surface area contributed by atoms with Crippen LogP contribution in [-0.2, 0) is 0 Å². The third-order valence-corrected chi connectivity index (χ3v) is 5.07. The summed E-state index contributed by atoms with van der Waals surface area (Å²) in [6.07, 6.45) is 0. The van der Waals surface area contributed by atoms with E-state index in [2.05, 4.69) is 24.1 Å². The lowest BCUT2D eigenvalue weighted by Gasteiger charge is -2.28. The summed E-state index contributed by atoms with van der Waals surface area (Å²) in [5.74, 6) is -0.293. The Hall–Kier alpha value is -2.79. The van der Waals surface area contributed by atoms with Crippen molar-refractivity contribution in [1.29, 1.82) is 0 Å².